The van der Waals surface area contributed by atoms with Crippen LogP contribution in [0, 0.1) is 5.82 Å². The number of benzene rings is 2. The number of H-pyrrole nitrogens is 1. The molecular formula is C24H17F4N3O3S. The first kappa shape index (κ1) is 24.4. The monoisotopic (exact) mass is 503 g/mol. The van der Waals surface area contributed by atoms with Crippen molar-refractivity contribution in [1.82, 2.24) is 15.0 Å². The average molecular weight is 503 g/mol. The van der Waals surface area contributed by atoms with Gasteiger partial charge >= 0.3 is 6.18 Å². The highest BCUT2D eigenvalue weighted by molar-refractivity contribution is 7.98. The number of thioether (sulfide) groups is 1. The Bertz CT molecular complexity index is 1470. The number of aromatic nitrogens is 3. The zero-order valence-corrected chi connectivity index (χ0v) is 19.0. The SMILES string of the molecule is CSc1cc(Oc2ccnc3[nH]c(=O)cnc23)ccc1CC(=O)Cc1cc(C(F)(F)F)ccc1F. The maximum Gasteiger partial charge on any atom is 0.416 e. The number of hydrogen-bond acceptors (Lipinski definition) is 6. The van der Waals surface area contributed by atoms with Gasteiger partial charge in [0.05, 0.1) is 11.8 Å². The summed E-state index contributed by atoms with van der Waals surface area (Å²) in [7, 11) is 0. The Hall–Kier alpha value is -3.73. The lowest BCUT2D eigenvalue weighted by Gasteiger charge is -2.12. The molecule has 0 amide bonds. The molecule has 0 unspecified atom stereocenters. The first-order valence-electron chi connectivity index (χ1n) is 10.2. The molecular weight excluding hydrogens is 486 g/mol. The van der Waals surface area contributed by atoms with E-state index < -0.39 is 35.3 Å². The molecule has 2 heterocycles. The van der Waals surface area contributed by atoms with Crippen molar-refractivity contribution in [3.05, 3.63) is 87.7 Å². The van der Waals surface area contributed by atoms with Crippen LogP contribution in [0.25, 0.3) is 11.2 Å². The van der Waals surface area contributed by atoms with E-state index in [1.807, 2.05) is 0 Å². The van der Waals surface area contributed by atoms with Crippen LogP contribution in [0.4, 0.5) is 17.6 Å². The van der Waals surface area contributed by atoms with Crippen molar-refractivity contribution in [3.63, 3.8) is 0 Å². The van der Waals surface area contributed by atoms with Gasteiger partial charge in [0.25, 0.3) is 5.56 Å². The normalized spacial score (nSPS) is 11.6. The summed E-state index contributed by atoms with van der Waals surface area (Å²) in [6.45, 7) is 0. The maximum atomic E-state index is 14.0. The summed E-state index contributed by atoms with van der Waals surface area (Å²) in [6.07, 6.45) is -0.801. The highest BCUT2D eigenvalue weighted by Gasteiger charge is 2.31. The number of hydrogen-bond donors (Lipinski definition) is 1. The molecule has 0 saturated carbocycles. The number of halogens is 4. The largest absolute Gasteiger partial charge is 0.455 e. The molecule has 1 N–H and O–H groups in total. The van der Waals surface area contributed by atoms with Gasteiger partial charge in [0.15, 0.2) is 11.4 Å². The minimum absolute atomic E-state index is 0.0902. The Morgan fingerprint density at radius 3 is 2.57 bits per heavy atom. The molecule has 4 rings (SSSR count). The number of carbonyl (C=O) groups excluding carboxylic acids is 1. The fourth-order valence-corrected chi connectivity index (χ4v) is 4.08. The number of carbonyl (C=O) groups is 1. The Morgan fingerprint density at radius 2 is 1.83 bits per heavy atom. The Labute approximate surface area is 200 Å². The van der Waals surface area contributed by atoms with Gasteiger partial charge < -0.3 is 9.72 Å². The van der Waals surface area contributed by atoms with Crippen LogP contribution in [0.5, 0.6) is 11.5 Å². The summed E-state index contributed by atoms with van der Waals surface area (Å²) in [6, 6.07) is 8.63. The van der Waals surface area contributed by atoms with Gasteiger partial charge in [0, 0.05) is 30.0 Å². The highest BCUT2D eigenvalue weighted by Crippen LogP contribution is 2.32. The molecule has 11 heteroatoms. The van der Waals surface area contributed by atoms with E-state index in [1.165, 1.54) is 18.0 Å². The molecule has 35 heavy (non-hydrogen) atoms. The molecule has 4 aromatic rings. The average Bonchev–Trinajstić information content (AvgIpc) is 2.80. The topological polar surface area (TPSA) is 84.9 Å². The van der Waals surface area contributed by atoms with Crippen LogP contribution >= 0.6 is 11.8 Å². The van der Waals surface area contributed by atoms with Crippen LogP contribution in [0.15, 0.2) is 64.5 Å². The number of Topliss-reactive ketones (excluding diaryl/α,β-unsaturated/α-hetero) is 1. The summed E-state index contributed by atoms with van der Waals surface area (Å²) in [5.74, 6) is -0.489. The van der Waals surface area contributed by atoms with Gasteiger partial charge in [-0.25, -0.2) is 14.4 Å². The number of aromatic amines is 1. The number of nitrogens with zero attached hydrogens (tertiary/aromatic N) is 2. The molecule has 0 radical (unpaired) electrons. The zero-order valence-electron chi connectivity index (χ0n) is 18.1. The summed E-state index contributed by atoms with van der Waals surface area (Å²) in [5, 5.41) is 0. The molecule has 0 fully saturated rings. The standard InChI is InChI=1S/C24H17F4N3O3S/c1-35-20-11-17(34-19-6-7-29-23-22(19)30-12-21(33)31-23)4-2-13(20)9-16(32)10-14-8-15(24(26,27)28)3-5-18(14)25/h2-8,11-12H,9-10H2,1H3,(H,29,31,33). The van der Waals surface area contributed by atoms with Gasteiger partial charge in [0.2, 0.25) is 0 Å². The smallest absolute Gasteiger partial charge is 0.416 e. The molecule has 0 spiro atoms. The quantitative estimate of drug-likeness (QED) is 0.271. The third-order valence-electron chi connectivity index (χ3n) is 5.07. The van der Waals surface area contributed by atoms with Crippen molar-refractivity contribution < 1.29 is 27.1 Å². The molecule has 2 aromatic heterocycles. The summed E-state index contributed by atoms with van der Waals surface area (Å²) >= 11 is 1.35. The number of nitrogens with one attached hydrogen (secondary N) is 1. The van der Waals surface area contributed by atoms with E-state index in [0.717, 1.165) is 12.3 Å². The Morgan fingerprint density at radius 1 is 1.06 bits per heavy atom. The van der Waals surface area contributed by atoms with Crippen LogP contribution in [0.3, 0.4) is 0 Å². The van der Waals surface area contributed by atoms with Crippen molar-refractivity contribution in [2.75, 3.05) is 6.26 Å². The number of pyridine rings is 1. The van der Waals surface area contributed by atoms with Gasteiger partial charge in [-0.05, 0) is 47.7 Å². The summed E-state index contributed by atoms with van der Waals surface area (Å²) < 4.78 is 58.7. The molecule has 0 aliphatic heterocycles. The molecule has 0 aliphatic carbocycles. The van der Waals surface area contributed by atoms with Crippen LogP contribution < -0.4 is 10.3 Å². The van der Waals surface area contributed by atoms with Crippen molar-refractivity contribution in [2.24, 2.45) is 0 Å². The molecule has 180 valence electrons. The second-order valence-corrected chi connectivity index (χ2v) is 8.37. The van der Waals surface area contributed by atoms with Crippen molar-refractivity contribution in [3.8, 4) is 11.5 Å². The Kier molecular flexibility index (Phi) is 6.88. The first-order valence-corrected chi connectivity index (χ1v) is 11.4. The minimum Gasteiger partial charge on any atom is -0.455 e. The second-order valence-electron chi connectivity index (χ2n) is 7.53. The van der Waals surface area contributed by atoms with Crippen LogP contribution in [0.1, 0.15) is 16.7 Å². The minimum atomic E-state index is -4.63. The molecule has 0 bridgehead atoms. The number of ether oxygens (including phenoxy) is 1. The van der Waals surface area contributed by atoms with E-state index in [0.29, 0.717) is 39.6 Å². The lowest BCUT2D eigenvalue weighted by atomic mass is 10.0. The molecule has 0 aliphatic rings. The van der Waals surface area contributed by atoms with Gasteiger partial charge in [-0.3, -0.25) is 9.59 Å². The van der Waals surface area contributed by atoms with E-state index in [-0.39, 0.29) is 17.6 Å². The fourth-order valence-electron chi connectivity index (χ4n) is 3.44. The van der Waals surface area contributed by atoms with Gasteiger partial charge in [-0.15, -0.1) is 11.8 Å². The third-order valence-corrected chi connectivity index (χ3v) is 5.89. The molecule has 2 aromatic carbocycles. The third kappa shape index (κ3) is 5.68. The number of fused-ring (bicyclic) bond motifs is 1. The van der Waals surface area contributed by atoms with Gasteiger partial charge in [-0.2, -0.15) is 13.2 Å². The van der Waals surface area contributed by atoms with E-state index in [1.54, 1.807) is 30.5 Å². The van der Waals surface area contributed by atoms with Gasteiger partial charge in [-0.1, -0.05) is 6.07 Å². The predicted octanol–water partition coefficient (Wildman–Crippen LogP) is 5.34. The van der Waals surface area contributed by atoms with E-state index in [4.69, 9.17) is 4.74 Å². The zero-order chi connectivity index (χ0) is 25.2. The lowest BCUT2D eigenvalue weighted by Crippen LogP contribution is -2.11. The first-order chi connectivity index (χ1) is 16.6. The molecule has 0 saturated heterocycles. The van der Waals surface area contributed by atoms with E-state index >= 15 is 0 Å². The van der Waals surface area contributed by atoms with Crippen molar-refractivity contribution in [1.29, 1.82) is 0 Å². The van der Waals surface area contributed by atoms with E-state index in [2.05, 4.69) is 15.0 Å². The fraction of sp³-hybridized carbons (Fsp3) is 0.167. The second kappa shape index (κ2) is 9.87. The molecule has 6 nitrogen and oxygen atoms in total. The Balaban J connectivity index is 1.53. The number of rotatable bonds is 7. The van der Waals surface area contributed by atoms with Crippen molar-refractivity contribution >= 4 is 28.7 Å². The highest BCUT2D eigenvalue weighted by atomic mass is 32.2. The van der Waals surface area contributed by atoms with Crippen LogP contribution in [-0.4, -0.2) is 27.0 Å². The maximum absolute atomic E-state index is 14.0. The molecule has 0 atom stereocenters. The predicted molar refractivity (Wildman–Crippen MR) is 122 cm³/mol. The van der Waals surface area contributed by atoms with Gasteiger partial charge in [0.1, 0.15) is 22.9 Å². The number of alkyl halides is 3. The van der Waals surface area contributed by atoms with Crippen molar-refractivity contribution in [2.45, 2.75) is 23.9 Å². The summed E-state index contributed by atoms with van der Waals surface area (Å²) in [5.41, 5.74) is -0.444. The van der Waals surface area contributed by atoms with Crippen LogP contribution in [-0.2, 0) is 23.8 Å². The number of ketones is 1. The summed E-state index contributed by atoms with van der Waals surface area (Å²) in [4.78, 5) is 35.4. The van der Waals surface area contributed by atoms with E-state index in [9.17, 15) is 27.2 Å². The lowest BCUT2D eigenvalue weighted by molar-refractivity contribution is -0.137. The van der Waals surface area contributed by atoms with Crippen LogP contribution in [0.2, 0.25) is 0 Å².